The summed E-state index contributed by atoms with van der Waals surface area (Å²) >= 11 is 0. The Morgan fingerprint density at radius 2 is 1.83 bits per heavy atom. The third-order valence-corrected chi connectivity index (χ3v) is 2.49. The van der Waals surface area contributed by atoms with E-state index in [1.807, 2.05) is 27.7 Å². The monoisotopic (exact) mass is 258 g/mol. The molecule has 0 heterocycles. The summed E-state index contributed by atoms with van der Waals surface area (Å²) in [6.45, 7) is 9.37. The lowest BCUT2D eigenvalue weighted by atomic mass is 10.1. The summed E-state index contributed by atoms with van der Waals surface area (Å²) in [5.41, 5.74) is -0.310. The van der Waals surface area contributed by atoms with Crippen molar-refractivity contribution in [3.63, 3.8) is 0 Å². The van der Waals surface area contributed by atoms with Gasteiger partial charge in [0.15, 0.2) is 0 Å². The number of carboxylic acid groups (broad SMARTS) is 1. The Morgan fingerprint density at radius 1 is 1.28 bits per heavy atom. The molecule has 5 heteroatoms. The highest BCUT2D eigenvalue weighted by atomic mass is 16.4. The minimum Gasteiger partial charge on any atom is -0.480 e. The zero-order valence-corrected chi connectivity index (χ0v) is 12.0. The quantitative estimate of drug-likeness (QED) is 0.647. The van der Waals surface area contributed by atoms with Gasteiger partial charge >= 0.3 is 5.97 Å². The number of nitrogens with one attached hydrogen (secondary N) is 2. The van der Waals surface area contributed by atoms with Gasteiger partial charge in [-0.2, -0.15) is 0 Å². The van der Waals surface area contributed by atoms with Gasteiger partial charge in [-0.1, -0.05) is 19.8 Å². The summed E-state index contributed by atoms with van der Waals surface area (Å²) in [6, 6.07) is -1.17. The molecule has 0 aliphatic rings. The largest absolute Gasteiger partial charge is 0.480 e. The highest BCUT2D eigenvalue weighted by Crippen LogP contribution is 2.04. The molecular formula is C13H26N2O3. The molecule has 0 aliphatic carbocycles. The minimum atomic E-state index is -0.904. The van der Waals surface area contributed by atoms with Gasteiger partial charge in [-0.15, -0.1) is 0 Å². The van der Waals surface area contributed by atoms with E-state index in [2.05, 4.69) is 10.6 Å². The number of aliphatic carboxylic acids is 1. The fourth-order valence-corrected chi connectivity index (χ4v) is 1.54. The Bertz CT molecular complexity index is 284. The molecule has 3 N–H and O–H groups in total. The third kappa shape index (κ3) is 7.27. The maximum absolute atomic E-state index is 11.8. The van der Waals surface area contributed by atoms with Crippen molar-refractivity contribution < 1.29 is 14.7 Å². The molecule has 5 nitrogen and oxygen atoms in total. The topological polar surface area (TPSA) is 78.4 Å². The van der Waals surface area contributed by atoms with Gasteiger partial charge in [0.05, 0.1) is 6.04 Å². The van der Waals surface area contributed by atoms with Gasteiger partial charge in [0, 0.05) is 5.54 Å². The van der Waals surface area contributed by atoms with E-state index in [0.717, 1.165) is 12.8 Å². The summed E-state index contributed by atoms with van der Waals surface area (Å²) in [7, 11) is 0. The number of hydrogen-bond donors (Lipinski definition) is 3. The second kappa shape index (κ2) is 7.36. The first kappa shape index (κ1) is 16.9. The Kier molecular flexibility index (Phi) is 6.91. The average molecular weight is 258 g/mol. The van der Waals surface area contributed by atoms with Gasteiger partial charge < -0.3 is 10.4 Å². The van der Waals surface area contributed by atoms with Crippen molar-refractivity contribution in [3.05, 3.63) is 0 Å². The molecule has 106 valence electrons. The van der Waals surface area contributed by atoms with Crippen LogP contribution in [0.5, 0.6) is 0 Å². The molecule has 0 fully saturated rings. The number of rotatable bonds is 7. The van der Waals surface area contributed by atoms with E-state index in [-0.39, 0.29) is 11.4 Å². The second-order valence-electron chi connectivity index (χ2n) is 5.66. The number of amides is 1. The first-order chi connectivity index (χ1) is 8.17. The molecule has 0 bridgehead atoms. The minimum absolute atomic E-state index is 0.176. The van der Waals surface area contributed by atoms with Crippen LogP contribution in [0.1, 0.15) is 53.9 Å². The van der Waals surface area contributed by atoms with E-state index in [1.165, 1.54) is 0 Å². The molecule has 0 aromatic heterocycles. The van der Waals surface area contributed by atoms with Gasteiger partial charge in [-0.05, 0) is 34.1 Å². The van der Waals surface area contributed by atoms with E-state index in [1.54, 1.807) is 6.92 Å². The molecule has 0 aromatic carbocycles. The molecule has 0 saturated heterocycles. The van der Waals surface area contributed by atoms with Crippen LogP contribution in [0.25, 0.3) is 0 Å². The second-order valence-corrected chi connectivity index (χ2v) is 5.66. The van der Waals surface area contributed by atoms with Gasteiger partial charge in [-0.3, -0.25) is 14.9 Å². The molecule has 0 aromatic rings. The molecule has 2 unspecified atom stereocenters. The first-order valence-corrected chi connectivity index (χ1v) is 6.48. The predicted octanol–water partition coefficient (Wildman–Crippen LogP) is 1.52. The standard InChI is InChI=1S/C13H26N2O3/c1-6-7-8-10(12(17)18)14-9(2)11(16)15-13(3,4)5/h9-10,14H,6-8H2,1-5H3,(H,15,16)(H,17,18). The summed E-state index contributed by atoms with van der Waals surface area (Å²) in [5.74, 6) is -1.08. The van der Waals surface area contributed by atoms with Crippen LogP contribution in [-0.2, 0) is 9.59 Å². The van der Waals surface area contributed by atoms with Crippen LogP contribution in [0, 0.1) is 0 Å². The fraction of sp³-hybridized carbons (Fsp3) is 0.846. The Balaban J connectivity index is 4.36. The molecule has 0 spiro atoms. The van der Waals surface area contributed by atoms with Crippen molar-refractivity contribution in [2.75, 3.05) is 0 Å². The molecule has 18 heavy (non-hydrogen) atoms. The predicted molar refractivity (Wildman–Crippen MR) is 71.4 cm³/mol. The first-order valence-electron chi connectivity index (χ1n) is 6.48. The van der Waals surface area contributed by atoms with Crippen LogP contribution in [0.15, 0.2) is 0 Å². The zero-order valence-electron chi connectivity index (χ0n) is 12.0. The van der Waals surface area contributed by atoms with Crippen molar-refractivity contribution in [2.45, 2.75) is 71.5 Å². The van der Waals surface area contributed by atoms with Crippen LogP contribution in [-0.4, -0.2) is 34.6 Å². The molecule has 0 saturated carbocycles. The van der Waals surface area contributed by atoms with Crippen LogP contribution in [0.4, 0.5) is 0 Å². The van der Waals surface area contributed by atoms with E-state index in [0.29, 0.717) is 6.42 Å². The SMILES string of the molecule is CCCCC(NC(C)C(=O)NC(C)(C)C)C(=O)O. The van der Waals surface area contributed by atoms with Gasteiger partial charge in [0.25, 0.3) is 0 Å². The molecule has 0 radical (unpaired) electrons. The van der Waals surface area contributed by atoms with Crippen LogP contribution < -0.4 is 10.6 Å². The number of carboxylic acids is 1. The van der Waals surface area contributed by atoms with Crippen LogP contribution in [0.2, 0.25) is 0 Å². The maximum atomic E-state index is 11.8. The van der Waals surface area contributed by atoms with E-state index >= 15 is 0 Å². The van der Waals surface area contributed by atoms with Crippen molar-refractivity contribution in [2.24, 2.45) is 0 Å². The highest BCUT2D eigenvalue weighted by Gasteiger charge is 2.24. The van der Waals surface area contributed by atoms with Crippen molar-refractivity contribution in [1.29, 1.82) is 0 Å². The van der Waals surface area contributed by atoms with Crippen LogP contribution >= 0.6 is 0 Å². The number of carbonyl (C=O) groups is 2. The fourth-order valence-electron chi connectivity index (χ4n) is 1.54. The average Bonchev–Trinajstić information content (AvgIpc) is 2.20. The summed E-state index contributed by atoms with van der Waals surface area (Å²) in [6.07, 6.45) is 2.31. The molecular weight excluding hydrogens is 232 g/mol. The molecule has 0 aliphatic heterocycles. The Hall–Kier alpha value is -1.10. The summed E-state index contributed by atoms with van der Waals surface area (Å²) in [4.78, 5) is 22.9. The summed E-state index contributed by atoms with van der Waals surface area (Å²) in [5, 5.41) is 14.8. The Labute approximate surface area is 109 Å². The lowest BCUT2D eigenvalue weighted by Gasteiger charge is -2.25. The zero-order chi connectivity index (χ0) is 14.3. The molecule has 0 rings (SSSR count). The third-order valence-electron chi connectivity index (χ3n) is 2.49. The Morgan fingerprint density at radius 3 is 2.22 bits per heavy atom. The smallest absolute Gasteiger partial charge is 0.320 e. The normalized spacial score (nSPS) is 14.9. The van der Waals surface area contributed by atoms with E-state index in [4.69, 9.17) is 5.11 Å². The lowest BCUT2D eigenvalue weighted by Crippen LogP contribution is -2.53. The van der Waals surface area contributed by atoms with E-state index in [9.17, 15) is 9.59 Å². The number of hydrogen-bond acceptors (Lipinski definition) is 3. The van der Waals surface area contributed by atoms with Crippen molar-refractivity contribution >= 4 is 11.9 Å². The maximum Gasteiger partial charge on any atom is 0.320 e. The van der Waals surface area contributed by atoms with Gasteiger partial charge in [0.1, 0.15) is 6.04 Å². The van der Waals surface area contributed by atoms with Crippen molar-refractivity contribution in [1.82, 2.24) is 10.6 Å². The van der Waals surface area contributed by atoms with Crippen molar-refractivity contribution in [3.8, 4) is 0 Å². The van der Waals surface area contributed by atoms with Gasteiger partial charge in [0.2, 0.25) is 5.91 Å². The molecule has 2 atom stereocenters. The number of carbonyl (C=O) groups excluding carboxylic acids is 1. The summed E-state index contributed by atoms with van der Waals surface area (Å²) < 4.78 is 0. The van der Waals surface area contributed by atoms with Crippen LogP contribution in [0.3, 0.4) is 0 Å². The lowest BCUT2D eigenvalue weighted by molar-refractivity contribution is -0.140. The van der Waals surface area contributed by atoms with E-state index < -0.39 is 18.1 Å². The van der Waals surface area contributed by atoms with Gasteiger partial charge in [-0.25, -0.2) is 0 Å². The highest BCUT2D eigenvalue weighted by molar-refractivity contribution is 5.83. The molecule has 1 amide bonds. The number of unbranched alkanes of at least 4 members (excludes halogenated alkanes) is 1.